The molecule has 0 amide bonds. The maximum absolute atomic E-state index is 11.6. The van der Waals surface area contributed by atoms with Crippen LogP contribution in [-0.4, -0.2) is 9.55 Å². The van der Waals surface area contributed by atoms with E-state index in [0.717, 1.165) is 10.1 Å². The summed E-state index contributed by atoms with van der Waals surface area (Å²) in [5, 5.41) is 3.64. The topological polar surface area (TPSA) is 66.9 Å². The van der Waals surface area contributed by atoms with Gasteiger partial charge in [0.1, 0.15) is 5.82 Å². The molecular formula is C13H14ClN3O2. The minimum atomic E-state index is -0.413. The number of nitrogens with zero attached hydrogens (tertiary/aromatic N) is 1. The van der Waals surface area contributed by atoms with Gasteiger partial charge in [-0.15, -0.1) is 0 Å². The third-order valence-electron chi connectivity index (χ3n) is 2.71. The van der Waals surface area contributed by atoms with Crippen LogP contribution in [0.2, 0.25) is 5.02 Å². The smallest absolute Gasteiger partial charge is 0.329 e. The average Bonchev–Trinajstić information content (AvgIpc) is 2.36. The van der Waals surface area contributed by atoms with Crippen LogP contribution in [-0.2, 0) is 13.1 Å². The summed E-state index contributed by atoms with van der Waals surface area (Å²) in [7, 11) is 0. The van der Waals surface area contributed by atoms with Crippen molar-refractivity contribution in [2.24, 2.45) is 0 Å². The maximum atomic E-state index is 11.6. The van der Waals surface area contributed by atoms with Gasteiger partial charge in [-0.1, -0.05) is 23.7 Å². The lowest BCUT2D eigenvalue weighted by Gasteiger charge is -2.07. The second-order valence-electron chi connectivity index (χ2n) is 4.05. The maximum Gasteiger partial charge on any atom is 0.329 e. The highest BCUT2D eigenvalue weighted by molar-refractivity contribution is 6.30. The van der Waals surface area contributed by atoms with E-state index in [1.54, 1.807) is 13.0 Å². The Morgan fingerprint density at radius 1 is 1.32 bits per heavy atom. The second kappa shape index (κ2) is 5.75. The lowest BCUT2D eigenvalue weighted by molar-refractivity contribution is 0.673. The van der Waals surface area contributed by atoms with E-state index in [4.69, 9.17) is 11.6 Å². The van der Waals surface area contributed by atoms with E-state index in [1.807, 2.05) is 18.2 Å². The molecule has 0 saturated heterocycles. The van der Waals surface area contributed by atoms with Crippen LogP contribution >= 0.6 is 11.6 Å². The molecule has 0 unspecified atom stereocenters. The van der Waals surface area contributed by atoms with Crippen molar-refractivity contribution in [2.75, 3.05) is 5.32 Å². The summed E-state index contributed by atoms with van der Waals surface area (Å²) < 4.78 is 1.13. The van der Waals surface area contributed by atoms with Gasteiger partial charge in [0.2, 0.25) is 0 Å². The summed E-state index contributed by atoms with van der Waals surface area (Å²) in [5.41, 5.74) is 0.233. The number of halogens is 1. The molecule has 0 aliphatic heterocycles. The van der Waals surface area contributed by atoms with E-state index in [9.17, 15) is 9.59 Å². The van der Waals surface area contributed by atoms with Gasteiger partial charge in [0.15, 0.2) is 0 Å². The van der Waals surface area contributed by atoms with Gasteiger partial charge >= 0.3 is 5.69 Å². The van der Waals surface area contributed by atoms with E-state index in [1.165, 1.54) is 6.07 Å². The van der Waals surface area contributed by atoms with Crippen molar-refractivity contribution in [2.45, 2.75) is 20.0 Å². The highest BCUT2D eigenvalue weighted by Gasteiger charge is 2.02. The number of hydrogen-bond acceptors (Lipinski definition) is 3. The zero-order valence-electron chi connectivity index (χ0n) is 10.4. The van der Waals surface area contributed by atoms with Crippen LogP contribution in [0, 0.1) is 0 Å². The summed E-state index contributed by atoms with van der Waals surface area (Å²) in [6.45, 7) is 2.57. The largest absolute Gasteiger partial charge is 0.367 e. The third kappa shape index (κ3) is 3.26. The second-order valence-corrected chi connectivity index (χ2v) is 4.49. The van der Waals surface area contributed by atoms with Crippen LogP contribution < -0.4 is 16.6 Å². The molecule has 1 heterocycles. The molecule has 2 N–H and O–H groups in total. The Bertz CT molecular complexity index is 660. The normalized spacial score (nSPS) is 10.4. The average molecular weight is 280 g/mol. The molecule has 1 aromatic carbocycles. The number of aromatic amines is 1. The van der Waals surface area contributed by atoms with Gasteiger partial charge in [-0.2, -0.15) is 0 Å². The number of H-pyrrole nitrogens is 1. The molecule has 0 spiro atoms. The van der Waals surface area contributed by atoms with Gasteiger partial charge in [0.05, 0.1) is 0 Å². The predicted octanol–water partition coefficient (Wildman–Crippen LogP) is 1.82. The number of hydrogen-bond donors (Lipinski definition) is 2. The van der Waals surface area contributed by atoms with Crippen molar-refractivity contribution in [1.29, 1.82) is 0 Å². The third-order valence-corrected chi connectivity index (χ3v) is 2.94. The summed E-state index contributed by atoms with van der Waals surface area (Å²) in [6.07, 6.45) is 0. The van der Waals surface area contributed by atoms with Crippen molar-refractivity contribution >= 4 is 17.4 Å². The van der Waals surface area contributed by atoms with Gasteiger partial charge in [-0.25, -0.2) is 4.79 Å². The van der Waals surface area contributed by atoms with Crippen LogP contribution in [0.1, 0.15) is 12.5 Å². The van der Waals surface area contributed by atoms with Crippen molar-refractivity contribution in [3.05, 3.63) is 61.8 Å². The molecule has 0 radical (unpaired) electrons. The van der Waals surface area contributed by atoms with Crippen LogP contribution in [0.25, 0.3) is 0 Å². The first-order valence-electron chi connectivity index (χ1n) is 5.92. The minimum Gasteiger partial charge on any atom is -0.367 e. The summed E-state index contributed by atoms with van der Waals surface area (Å²) in [6, 6.07) is 8.73. The van der Waals surface area contributed by atoms with E-state index >= 15 is 0 Å². The van der Waals surface area contributed by atoms with Crippen LogP contribution in [0.15, 0.2) is 39.9 Å². The summed E-state index contributed by atoms with van der Waals surface area (Å²) >= 11 is 5.88. The zero-order valence-corrected chi connectivity index (χ0v) is 11.2. The van der Waals surface area contributed by atoms with Crippen molar-refractivity contribution < 1.29 is 0 Å². The first kappa shape index (κ1) is 13.4. The molecule has 5 nitrogen and oxygen atoms in total. The molecule has 0 fully saturated rings. The highest BCUT2D eigenvalue weighted by atomic mass is 35.5. The molecule has 0 saturated carbocycles. The number of nitrogens with one attached hydrogen (secondary N) is 2. The lowest BCUT2D eigenvalue weighted by atomic mass is 10.2. The Morgan fingerprint density at radius 2 is 2.11 bits per heavy atom. The molecule has 19 heavy (non-hydrogen) atoms. The Hall–Kier alpha value is -2.01. The SMILES string of the molecule is CCn1c(=O)cc(NCc2cccc(Cl)c2)[nH]c1=O. The quantitative estimate of drug-likeness (QED) is 0.897. The van der Waals surface area contributed by atoms with Gasteiger partial charge in [0, 0.05) is 24.2 Å². The van der Waals surface area contributed by atoms with Gasteiger partial charge in [0.25, 0.3) is 5.56 Å². The Labute approximate surface area is 114 Å². The van der Waals surface area contributed by atoms with E-state index in [2.05, 4.69) is 10.3 Å². The first-order chi connectivity index (χ1) is 9.10. The molecule has 0 bridgehead atoms. The molecule has 0 aliphatic carbocycles. The minimum absolute atomic E-state index is 0.320. The number of anilines is 1. The molecular weight excluding hydrogens is 266 g/mol. The molecule has 0 aliphatic rings. The zero-order chi connectivity index (χ0) is 13.8. The summed E-state index contributed by atoms with van der Waals surface area (Å²) in [4.78, 5) is 25.9. The fourth-order valence-corrected chi connectivity index (χ4v) is 1.97. The van der Waals surface area contributed by atoms with Crippen molar-refractivity contribution in [3.63, 3.8) is 0 Å². The molecule has 2 rings (SSSR count). The summed E-state index contributed by atoms with van der Waals surface area (Å²) in [5.74, 6) is 0.402. The van der Waals surface area contributed by atoms with Crippen molar-refractivity contribution in [3.8, 4) is 0 Å². The highest BCUT2D eigenvalue weighted by Crippen LogP contribution is 2.11. The van der Waals surface area contributed by atoms with Gasteiger partial charge in [-0.3, -0.25) is 14.3 Å². The molecule has 0 atom stereocenters. The molecule has 1 aromatic heterocycles. The standard InChI is InChI=1S/C13H14ClN3O2/c1-2-17-12(18)7-11(16-13(17)19)15-8-9-4-3-5-10(14)6-9/h3-7,15H,2,8H2,1H3,(H,16,19). The fourth-order valence-electron chi connectivity index (χ4n) is 1.76. The van der Waals surface area contributed by atoms with Crippen molar-refractivity contribution in [1.82, 2.24) is 9.55 Å². The molecule has 6 heteroatoms. The predicted molar refractivity (Wildman–Crippen MR) is 75.8 cm³/mol. The van der Waals surface area contributed by atoms with E-state index in [0.29, 0.717) is 23.9 Å². The Kier molecular flexibility index (Phi) is 4.06. The van der Waals surface area contributed by atoms with Gasteiger partial charge < -0.3 is 5.32 Å². The molecule has 100 valence electrons. The molecule has 2 aromatic rings. The number of rotatable bonds is 4. The van der Waals surface area contributed by atoms with Crippen LogP contribution in [0.4, 0.5) is 5.82 Å². The number of benzene rings is 1. The lowest BCUT2D eigenvalue weighted by Crippen LogP contribution is -2.34. The van der Waals surface area contributed by atoms with Crippen LogP contribution in [0.5, 0.6) is 0 Å². The monoisotopic (exact) mass is 279 g/mol. The van der Waals surface area contributed by atoms with E-state index in [-0.39, 0.29) is 5.56 Å². The van der Waals surface area contributed by atoms with Crippen LogP contribution in [0.3, 0.4) is 0 Å². The van der Waals surface area contributed by atoms with Gasteiger partial charge in [-0.05, 0) is 24.6 Å². The van der Waals surface area contributed by atoms with E-state index < -0.39 is 5.69 Å². The Balaban J connectivity index is 2.17. The number of aromatic nitrogens is 2. The first-order valence-corrected chi connectivity index (χ1v) is 6.30. The Morgan fingerprint density at radius 3 is 2.74 bits per heavy atom. The fraction of sp³-hybridized carbons (Fsp3) is 0.231.